The molecule has 0 aliphatic heterocycles. The number of aliphatic carboxylic acids is 1. The fraction of sp³-hybridized carbons (Fsp3) is 0.167. The summed E-state index contributed by atoms with van der Waals surface area (Å²) >= 11 is 0. The maximum absolute atomic E-state index is 12.1. The van der Waals surface area contributed by atoms with Crippen LogP contribution in [0.4, 0.5) is 17.1 Å². The number of benzene rings is 1. The molecule has 1 aliphatic rings. The summed E-state index contributed by atoms with van der Waals surface area (Å²) in [5.41, 5.74) is 1.91. The number of pyridine rings is 1. The van der Waals surface area contributed by atoms with Gasteiger partial charge in [-0.15, -0.1) is 0 Å². The van der Waals surface area contributed by atoms with Crippen LogP contribution in [0.5, 0.6) is 0 Å². The summed E-state index contributed by atoms with van der Waals surface area (Å²) in [4.78, 5) is 30.6. The summed E-state index contributed by atoms with van der Waals surface area (Å²) in [6, 6.07) is 11.0. The molecule has 1 saturated carbocycles. The van der Waals surface area contributed by atoms with Gasteiger partial charge in [0.2, 0.25) is 5.91 Å². The third-order valence-electron chi connectivity index (χ3n) is 4.48. The van der Waals surface area contributed by atoms with E-state index in [2.05, 4.69) is 20.6 Å². The first-order valence-corrected chi connectivity index (χ1v) is 7.92. The SMILES string of the molecule is O=C(O)C1(C(=O)Nc2ccc(Nc3ccnc4[nH]ccc34)cc2)CC1. The van der Waals surface area contributed by atoms with Crippen LogP contribution in [0.2, 0.25) is 0 Å². The van der Waals surface area contributed by atoms with Gasteiger partial charge in [0.25, 0.3) is 0 Å². The van der Waals surface area contributed by atoms with Crippen LogP contribution < -0.4 is 10.6 Å². The predicted octanol–water partition coefficient (Wildman–Crippen LogP) is 3.11. The van der Waals surface area contributed by atoms with Crippen molar-refractivity contribution in [3.05, 3.63) is 48.8 Å². The molecule has 1 amide bonds. The summed E-state index contributed by atoms with van der Waals surface area (Å²) in [6.45, 7) is 0. The molecule has 3 aromatic rings. The Kier molecular flexibility index (Phi) is 3.42. The number of carboxylic acid groups (broad SMARTS) is 1. The number of H-pyrrole nitrogens is 1. The van der Waals surface area contributed by atoms with E-state index in [4.69, 9.17) is 5.11 Å². The highest BCUT2D eigenvalue weighted by atomic mass is 16.4. The van der Waals surface area contributed by atoms with Gasteiger partial charge in [-0.05, 0) is 49.2 Å². The molecule has 7 heteroatoms. The Morgan fingerprint density at radius 2 is 1.80 bits per heavy atom. The monoisotopic (exact) mass is 336 g/mol. The van der Waals surface area contributed by atoms with Gasteiger partial charge in [-0.1, -0.05) is 0 Å². The molecule has 0 atom stereocenters. The van der Waals surface area contributed by atoms with Crippen molar-refractivity contribution in [2.45, 2.75) is 12.8 Å². The smallest absolute Gasteiger partial charge is 0.319 e. The van der Waals surface area contributed by atoms with Crippen molar-refractivity contribution in [1.82, 2.24) is 9.97 Å². The average molecular weight is 336 g/mol. The van der Waals surface area contributed by atoms with Gasteiger partial charge >= 0.3 is 5.97 Å². The lowest BCUT2D eigenvalue weighted by atomic mass is 10.1. The lowest BCUT2D eigenvalue weighted by Gasteiger charge is -2.12. The summed E-state index contributed by atoms with van der Waals surface area (Å²) < 4.78 is 0. The van der Waals surface area contributed by atoms with Crippen LogP contribution in [0.3, 0.4) is 0 Å². The minimum Gasteiger partial charge on any atom is -0.480 e. The maximum atomic E-state index is 12.1. The molecule has 0 bridgehead atoms. The Morgan fingerprint density at radius 1 is 1.08 bits per heavy atom. The molecule has 0 unspecified atom stereocenters. The number of anilines is 3. The van der Waals surface area contributed by atoms with E-state index in [0.29, 0.717) is 18.5 Å². The van der Waals surface area contributed by atoms with Crippen molar-refractivity contribution in [3.8, 4) is 0 Å². The quantitative estimate of drug-likeness (QED) is 0.536. The Hall–Kier alpha value is -3.35. The van der Waals surface area contributed by atoms with E-state index in [-0.39, 0.29) is 0 Å². The number of aromatic nitrogens is 2. The van der Waals surface area contributed by atoms with Gasteiger partial charge in [-0.3, -0.25) is 9.59 Å². The predicted molar refractivity (Wildman–Crippen MR) is 93.8 cm³/mol. The standard InChI is InChI=1S/C18H16N4O3/c23-16(18(7-8-18)17(24)25)22-12-3-1-11(2-4-12)21-14-6-10-20-15-13(14)5-9-19-15/h1-6,9-10H,7-8H2,(H,22,23)(H,24,25)(H2,19,20,21). The molecule has 126 valence electrons. The highest BCUT2D eigenvalue weighted by molar-refractivity contribution is 6.10. The van der Waals surface area contributed by atoms with Crippen LogP contribution in [-0.2, 0) is 9.59 Å². The van der Waals surface area contributed by atoms with Gasteiger partial charge in [-0.2, -0.15) is 0 Å². The first-order chi connectivity index (χ1) is 12.1. The number of nitrogens with zero attached hydrogens (tertiary/aromatic N) is 1. The minimum atomic E-state index is -1.24. The van der Waals surface area contributed by atoms with Gasteiger partial charge in [0.15, 0.2) is 0 Å². The first kappa shape index (κ1) is 15.2. The number of rotatable bonds is 5. The number of fused-ring (bicyclic) bond motifs is 1. The van der Waals surface area contributed by atoms with Crippen LogP contribution in [0.25, 0.3) is 11.0 Å². The number of carbonyl (C=O) groups excluding carboxylic acids is 1. The molecule has 1 aliphatic carbocycles. The number of carbonyl (C=O) groups is 2. The van der Waals surface area contributed by atoms with E-state index in [1.165, 1.54) is 0 Å². The van der Waals surface area contributed by atoms with Crippen LogP contribution in [0, 0.1) is 5.41 Å². The maximum Gasteiger partial charge on any atom is 0.319 e. The zero-order valence-electron chi connectivity index (χ0n) is 13.2. The lowest BCUT2D eigenvalue weighted by Crippen LogP contribution is -2.31. The zero-order valence-corrected chi connectivity index (χ0v) is 13.2. The Balaban J connectivity index is 1.48. The Morgan fingerprint density at radius 3 is 2.48 bits per heavy atom. The third kappa shape index (κ3) is 2.69. The highest BCUT2D eigenvalue weighted by Gasteiger charge is 2.57. The van der Waals surface area contributed by atoms with Crippen LogP contribution in [-0.4, -0.2) is 27.0 Å². The second kappa shape index (κ2) is 5.62. The molecule has 1 fully saturated rings. The fourth-order valence-electron chi connectivity index (χ4n) is 2.78. The van der Waals surface area contributed by atoms with Crippen LogP contribution in [0.15, 0.2) is 48.8 Å². The Labute approximate surface area is 143 Å². The third-order valence-corrected chi connectivity index (χ3v) is 4.48. The summed E-state index contributed by atoms with van der Waals surface area (Å²) in [5, 5.41) is 16.1. The largest absolute Gasteiger partial charge is 0.480 e. The van der Waals surface area contributed by atoms with Crippen molar-refractivity contribution in [2.75, 3.05) is 10.6 Å². The number of hydrogen-bond acceptors (Lipinski definition) is 4. The van der Waals surface area contributed by atoms with E-state index >= 15 is 0 Å². The molecule has 0 radical (unpaired) electrons. The highest BCUT2D eigenvalue weighted by Crippen LogP contribution is 2.46. The van der Waals surface area contributed by atoms with Crippen LogP contribution >= 0.6 is 0 Å². The van der Waals surface area contributed by atoms with Gasteiger partial charge in [0.1, 0.15) is 11.1 Å². The second-order valence-corrected chi connectivity index (χ2v) is 6.14. The fourth-order valence-corrected chi connectivity index (χ4v) is 2.78. The van der Waals surface area contributed by atoms with Gasteiger partial charge in [-0.25, -0.2) is 4.98 Å². The molecule has 4 rings (SSSR count). The number of aromatic amines is 1. The molecular formula is C18H16N4O3. The first-order valence-electron chi connectivity index (χ1n) is 7.92. The van der Waals surface area contributed by atoms with E-state index in [0.717, 1.165) is 22.4 Å². The number of carboxylic acids is 1. The van der Waals surface area contributed by atoms with Crippen molar-refractivity contribution in [3.63, 3.8) is 0 Å². The number of amides is 1. The lowest BCUT2D eigenvalue weighted by molar-refractivity contribution is -0.147. The van der Waals surface area contributed by atoms with E-state index in [1.807, 2.05) is 30.5 Å². The van der Waals surface area contributed by atoms with Crippen molar-refractivity contribution >= 4 is 40.0 Å². The summed E-state index contributed by atoms with van der Waals surface area (Å²) in [7, 11) is 0. The van der Waals surface area contributed by atoms with Gasteiger partial charge in [0.05, 0.1) is 5.69 Å². The zero-order chi connectivity index (χ0) is 17.4. The van der Waals surface area contributed by atoms with Crippen molar-refractivity contribution in [2.24, 2.45) is 5.41 Å². The molecule has 0 spiro atoms. The molecule has 4 N–H and O–H groups in total. The molecule has 0 saturated heterocycles. The minimum absolute atomic E-state index is 0.391. The molecule has 2 heterocycles. The molecule has 1 aromatic carbocycles. The topological polar surface area (TPSA) is 107 Å². The number of hydrogen-bond donors (Lipinski definition) is 4. The summed E-state index contributed by atoms with van der Waals surface area (Å²) in [5.74, 6) is -1.51. The number of nitrogens with one attached hydrogen (secondary N) is 3. The summed E-state index contributed by atoms with van der Waals surface area (Å²) in [6.07, 6.45) is 4.33. The van der Waals surface area contributed by atoms with Crippen molar-refractivity contribution < 1.29 is 14.7 Å². The van der Waals surface area contributed by atoms with E-state index < -0.39 is 17.3 Å². The molecule has 25 heavy (non-hydrogen) atoms. The van der Waals surface area contributed by atoms with E-state index in [9.17, 15) is 9.59 Å². The Bertz CT molecular complexity index is 958. The van der Waals surface area contributed by atoms with E-state index in [1.54, 1.807) is 18.3 Å². The molecular weight excluding hydrogens is 320 g/mol. The van der Waals surface area contributed by atoms with Gasteiger partial charge in [0, 0.05) is 29.2 Å². The van der Waals surface area contributed by atoms with Crippen molar-refractivity contribution in [1.29, 1.82) is 0 Å². The second-order valence-electron chi connectivity index (χ2n) is 6.14. The molecule has 7 nitrogen and oxygen atoms in total. The van der Waals surface area contributed by atoms with Gasteiger partial charge < -0.3 is 20.7 Å². The van der Waals surface area contributed by atoms with Crippen LogP contribution in [0.1, 0.15) is 12.8 Å². The normalized spacial score (nSPS) is 14.9. The molecule has 2 aromatic heterocycles. The average Bonchev–Trinajstić information content (AvgIpc) is 3.29.